The van der Waals surface area contributed by atoms with Crippen LogP contribution in [0.2, 0.25) is 10.0 Å². The van der Waals surface area contributed by atoms with Gasteiger partial charge in [-0.25, -0.2) is 13.9 Å². The lowest BCUT2D eigenvalue weighted by Gasteiger charge is -2.38. The predicted octanol–water partition coefficient (Wildman–Crippen LogP) is 6.59. The van der Waals surface area contributed by atoms with Gasteiger partial charge in [-0.1, -0.05) is 53.5 Å². The quantitative estimate of drug-likeness (QED) is 0.242. The van der Waals surface area contributed by atoms with E-state index < -0.39 is 21.3 Å². The van der Waals surface area contributed by atoms with Crippen molar-refractivity contribution < 1.29 is 4.21 Å². The monoisotopic (exact) mass is 592 g/mol. The van der Waals surface area contributed by atoms with Crippen molar-refractivity contribution in [3.63, 3.8) is 0 Å². The molecule has 0 aliphatic carbocycles. The molecule has 5 aromatic rings. The topological polar surface area (TPSA) is 68.9 Å². The van der Waals surface area contributed by atoms with Crippen LogP contribution in [0, 0.1) is 0 Å². The van der Waals surface area contributed by atoms with Gasteiger partial charge >= 0.3 is 0 Å². The van der Waals surface area contributed by atoms with Gasteiger partial charge in [0.25, 0.3) is 5.56 Å². The Hall–Kier alpha value is -3.23. The molecule has 0 saturated carbocycles. The maximum atomic E-state index is 13.9. The fourth-order valence-electron chi connectivity index (χ4n) is 4.93. The van der Waals surface area contributed by atoms with E-state index in [1.165, 1.54) is 0 Å². The molecule has 0 saturated heterocycles. The summed E-state index contributed by atoms with van der Waals surface area (Å²) in [4.78, 5) is 17.4. The van der Waals surface area contributed by atoms with Crippen molar-refractivity contribution in [1.29, 1.82) is 0 Å². The van der Waals surface area contributed by atoms with Gasteiger partial charge in [-0.15, -0.1) is 0 Å². The maximum Gasteiger partial charge on any atom is 0.251 e. The minimum Gasteiger partial charge on any atom is -0.335 e. The van der Waals surface area contributed by atoms with Gasteiger partial charge < -0.3 is 9.13 Å². The minimum absolute atomic E-state index is 0.127. The summed E-state index contributed by atoms with van der Waals surface area (Å²) < 4.78 is 20.4. The summed E-state index contributed by atoms with van der Waals surface area (Å²) in [5.41, 5.74) is 3.60. The molecule has 0 radical (unpaired) electrons. The zero-order valence-corrected chi connectivity index (χ0v) is 25.2. The van der Waals surface area contributed by atoms with Crippen LogP contribution in [0.4, 0.5) is 0 Å². The van der Waals surface area contributed by atoms with Gasteiger partial charge in [0.2, 0.25) is 0 Å². The first-order chi connectivity index (χ1) is 18.9. The molecule has 0 amide bonds. The Morgan fingerprint density at radius 2 is 1.57 bits per heavy atom. The Kier molecular flexibility index (Phi) is 7.52. The molecule has 0 aliphatic rings. The molecule has 0 fully saturated rings. The maximum absolute atomic E-state index is 13.9. The van der Waals surface area contributed by atoms with Crippen LogP contribution in [0.15, 0.2) is 90.1 Å². The molecule has 0 aliphatic heterocycles. The molecular formula is C31H30Cl2N4O2S. The SMILES string of the molecule is Cn1cncc1C(NS(=O)C(C)(C)C)(c1ccc(Cl)cc1)c1ccc2c(c1)c(-c1cccc(Cl)c1)cc(=O)n2C. The van der Waals surface area contributed by atoms with E-state index in [0.717, 1.165) is 38.9 Å². The lowest BCUT2D eigenvalue weighted by molar-refractivity contribution is 0.528. The summed E-state index contributed by atoms with van der Waals surface area (Å²) in [6.45, 7) is 5.79. The fourth-order valence-corrected chi connectivity index (χ4v) is 6.17. The zero-order valence-electron chi connectivity index (χ0n) is 22.9. The van der Waals surface area contributed by atoms with Gasteiger partial charge in [-0.3, -0.25) is 4.79 Å². The average Bonchev–Trinajstić information content (AvgIpc) is 3.35. The van der Waals surface area contributed by atoms with Crippen LogP contribution < -0.4 is 10.3 Å². The molecule has 206 valence electrons. The van der Waals surface area contributed by atoms with E-state index in [0.29, 0.717) is 10.0 Å². The fraction of sp³-hybridized carbons (Fsp3) is 0.226. The lowest BCUT2D eigenvalue weighted by Crippen LogP contribution is -2.50. The molecule has 3 aromatic carbocycles. The van der Waals surface area contributed by atoms with Crippen LogP contribution in [-0.2, 0) is 30.6 Å². The number of halogens is 2. The Morgan fingerprint density at radius 3 is 2.20 bits per heavy atom. The zero-order chi connectivity index (χ0) is 28.8. The van der Waals surface area contributed by atoms with Gasteiger partial charge in [0.15, 0.2) is 0 Å². The third-order valence-corrected chi connectivity index (χ3v) is 9.19. The predicted molar refractivity (Wildman–Crippen MR) is 165 cm³/mol. The molecule has 6 nitrogen and oxygen atoms in total. The number of nitrogens with zero attached hydrogens (tertiary/aromatic N) is 3. The standard InChI is InChI=1S/C31H30Cl2N4O2S/c1-30(2,3)40(39)35-31(28-18-34-19-36(28)4,21-9-12-23(32)13-10-21)22-11-14-27-26(16-22)25(17-29(38)37(27)5)20-7-6-8-24(33)15-20/h6-19,35H,1-5H3. The van der Waals surface area contributed by atoms with Gasteiger partial charge in [-0.2, -0.15) is 0 Å². The van der Waals surface area contributed by atoms with E-state index in [1.54, 1.807) is 36.3 Å². The highest BCUT2D eigenvalue weighted by atomic mass is 35.5. The summed E-state index contributed by atoms with van der Waals surface area (Å²) in [6, 6.07) is 22.6. The highest BCUT2D eigenvalue weighted by Gasteiger charge is 2.42. The summed E-state index contributed by atoms with van der Waals surface area (Å²) in [5.74, 6) is 0. The lowest BCUT2D eigenvalue weighted by atomic mass is 9.80. The van der Waals surface area contributed by atoms with Crippen LogP contribution in [0.25, 0.3) is 22.0 Å². The van der Waals surface area contributed by atoms with Gasteiger partial charge in [0.05, 0.1) is 39.5 Å². The molecule has 0 bridgehead atoms. The summed E-state index contributed by atoms with van der Waals surface area (Å²) in [7, 11) is 2.18. The molecule has 5 rings (SSSR count). The van der Waals surface area contributed by atoms with Crippen molar-refractivity contribution in [3.05, 3.63) is 123 Å². The number of benzene rings is 3. The van der Waals surface area contributed by atoms with Crippen molar-refractivity contribution in [2.75, 3.05) is 0 Å². The molecular weight excluding hydrogens is 563 g/mol. The van der Waals surface area contributed by atoms with Crippen molar-refractivity contribution >= 4 is 45.1 Å². The molecule has 9 heteroatoms. The summed E-state index contributed by atoms with van der Waals surface area (Å²) in [5, 5.41) is 2.03. The second-order valence-electron chi connectivity index (χ2n) is 10.8. The van der Waals surface area contributed by atoms with E-state index in [9.17, 15) is 9.00 Å². The second-order valence-corrected chi connectivity index (χ2v) is 13.7. The Bertz CT molecular complexity index is 1810. The first-order valence-electron chi connectivity index (χ1n) is 12.7. The van der Waals surface area contributed by atoms with Crippen LogP contribution in [0.5, 0.6) is 0 Å². The average molecular weight is 594 g/mol. The van der Waals surface area contributed by atoms with E-state index in [1.807, 2.05) is 87.0 Å². The molecule has 2 heterocycles. The number of fused-ring (bicyclic) bond motifs is 1. The van der Waals surface area contributed by atoms with Crippen molar-refractivity contribution in [2.45, 2.75) is 31.1 Å². The summed E-state index contributed by atoms with van der Waals surface area (Å²) in [6.07, 6.45) is 3.51. The number of aromatic nitrogens is 3. The molecule has 2 aromatic heterocycles. The first-order valence-corrected chi connectivity index (χ1v) is 14.6. The van der Waals surface area contributed by atoms with Crippen LogP contribution in [-0.4, -0.2) is 23.1 Å². The largest absolute Gasteiger partial charge is 0.335 e. The number of nitrogens with one attached hydrogen (secondary N) is 1. The smallest absolute Gasteiger partial charge is 0.251 e. The first kappa shape index (κ1) is 28.3. The molecule has 2 atom stereocenters. The van der Waals surface area contributed by atoms with E-state index in [2.05, 4.69) is 15.8 Å². The van der Waals surface area contributed by atoms with Crippen molar-refractivity contribution in [1.82, 2.24) is 18.8 Å². The van der Waals surface area contributed by atoms with Crippen LogP contribution in [0.3, 0.4) is 0 Å². The van der Waals surface area contributed by atoms with Crippen molar-refractivity contribution in [2.24, 2.45) is 14.1 Å². The minimum atomic E-state index is -1.49. The third kappa shape index (κ3) is 5.03. The third-order valence-electron chi connectivity index (χ3n) is 7.10. The van der Waals surface area contributed by atoms with Gasteiger partial charge in [0.1, 0.15) is 5.54 Å². The molecule has 1 N–H and O–H groups in total. The van der Waals surface area contributed by atoms with E-state index in [-0.39, 0.29) is 5.56 Å². The molecule has 40 heavy (non-hydrogen) atoms. The normalized spacial score (nSPS) is 14.3. The second kappa shape index (κ2) is 10.6. The highest BCUT2D eigenvalue weighted by molar-refractivity contribution is 7.84. The van der Waals surface area contributed by atoms with E-state index >= 15 is 0 Å². The number of imidazole rings is 1. The molecule has 0 spiro atoms. The van der Waals surface area contributed by atoms with Crippen LogP contribution >= 0.6 is 23.2 Å². The number of rotatable bonds is 6. The van der Waals surface area contributed by atoms with Gasteiger partial charge in [0, 0.05) is 35.6 Å². The number of aryl methyl sites for hydroxylation is 2. The number of hydrogen-bond acceptors (Lipinski definition) is 3. The summed E-state index contributed by atoms with van der Waals surface area (Å²) >= 11 is 12.7. The highest BCUT2D eigenvalue weighted by Crippen LogP contribution is 2.41. The van der Waals surface area contributed by atoms with E-state index in [4.69, 9.17) is 23.2 Å². The Morgan fingerprint density at radius 1 is 0.875 bits per heavy atom. The Labute approximate surface area is 246 Å². The number of pyridine rings is 1. The van der Waals surface area contributed by atoms with Crippen LogP contribution in [0.1, 0.15) is 37.6 Å². The molecule has 2 unspecified atom stereocenters. The number of hydrogen-bond donors (Lipinski definition) is 1. The van der Waals surface area contributed by atoms with Gasteiger partial charge in [-0.05, 0) is 79.4 Å². The van der Waals surface area contributed by atoms with Crippen molar-refractivity contribution in [3.8, 4) is 11.1 Å². The Balaban J connectivity index is 1.90.